The first-order valence-electron chi connectivity index (χ1n) is 4.77. The molecule has 0 spiro atoms. The molecule has 0 bridgehead atoms. The van der Waals surface area contributed by atoms with Gasteiger partial charge in [-0.25, -0.2) is 9.78 Å². The van der Waals surface area contributed by atoms with Gasteiger partial charge in [0, 0.05) is 12.4 Å². The summed E-state index contributed by atoms with van der Waals surface area (Å²) >= 11 is 0. The van der Waals surface area contributed by atoms with Crippen LogP contribution >= 0.6 is 0 Å². The Kier molecular flexibility index (Phi) is 2.76. The fraction of sp³-hybridized carbons (Fsp3) is 0.556. The lowest BCUT2D eigenvalue weighted by Crippen LogP contribution is -2.54. The molecule has 1 fully saturated rings. The molecule has 7 nitrogen and oxygen atoms in total. The zero-order chi connectivity index (χ0) is 11.8. The standard InChI is InChI=1S/C9H12N2O5/c12-4-7-9(15,6(13)5-16-7)11-3-1-2-10-8(11)14/h1-3,6-7,12-13,15H,4-5H2/t6-,7+,9-/m1/s1. The van der Waals surface area contributed by atoms with Gasteiger partial charge in [-0.05, 0) is 6.07 Å². The van der Waals surface area contributed by atoms with E-state index in [0.29, 0.717) is 0 Å². The third-order valence-corrected chi connectivity index (χ3v) is 2.68. The predicted octanol–water partition coefficient (Wildman–Crippen LogP) is -2.36. The number of aliphatic hydroxyl groups excluding tert-OH is 2. The first-order chi connectivity index (χ1) is 7.60. The topological polar surface area (TPSA) is 105 Å². The first kappa shape index (κ1) is 11.2. The van der Waals surface area contributed by atoms with Crippen molar-refractivity contribution in [2.24, 2.45) is 0 Å². The Morgan fingerprint density at radius 1 is 1.69 bits per heavy atom. The number of nitrogens with zero attached hydrogens (tertiary/aromatic N) is 2. The summed E-state index contributed by atoms with van der Waals surface area (Å²) < 4.78 is 5.87. The highest BCUT2D eigenvalue weighted by Gasteiger charge is 2.52. The quantitative estimate of drug-likeness (QED) is 0.523. The monoisotopic (exact) mass is 228 g/mol. The summed E-state index contributed by atoms with van der Waals surface area (Å²) in [5.74, 6) is 0. The van der Waals surface area contributed by atoms with Crippen LogP contribution < -0.4 is 5.69 Å². The summed E-state index contributed by atoms with van der Waals surface area (Å²) in [6.07, 6.45) is 0.227. The Hall–Kier alpha value is -1.28. The molecule has 3 atom stereocenters. The molecular weight excluding hydrogens is 216 g/mol. The van der Waals surface area contributed by atoms with Crippen molar-refractivity contribution in [1.82, 2.24) is 9.55 Å². The third kappa shape index (κ3) is 1.45. The van der Waals surface area contributed by atoms with Gasteiger partial charge in [-0.2, -0.15) is 0 Å². The van der Waals surface area contributed by atoms with E-state index in [-0.39, 0.29) is 6.61 Å². The second-order valence-corrected chi connectivity index (χ2v) is 3.58. The van der Waals surface area contributed by atoms with Crippen LogP contribution in [0.1, 0.15) is 0 Å². The van der Waals surface area contributed by atoms with Crippen LogP contribution in [0.4, 0.5) is 0 Å². The maximum Gasteiger partial charge on any atom is 0.350 e. The Balaban J connectivity index is 2.52. The number of hydrogen-bond acceptors (Lipinski definition) is 6. The molecule has 0 unspecified atom stereocenters. The van der Waals surface area contributed by atoms with Crippen molar-refractivity contribution in [3.63, 3.8) is 0 Å². The molecule has 7 heteroatoms. The maximum atomic E-state index is 11.5. The lowest BCUT2D eigenvalue weighted by Gasteiger charge is -2.31. The summed E-state index contributed by atoms with van der Waals surface area (Å²) in [4.78, 5) is 14.9. The molecule has 0 aliphatic carbocycles. The maximum absolute atomic E-state index is 11.5. The lowest BCUT2D eigenvalue weighted by atomic mass is 10.0. The predicted molar refractivity (Wildman–Crippen MR) is 51.5 cm³/mol. The summed E-state index contributed by atoms with van der Waals surface area (Å²) in [5, 5.41) is 29.0. The summed E-state index contributed by atoms with van der Waals surface area (Å²) in [7, 11) is 0. The van der Waals surface area contributed by atoms with Crippen molar-refractivity contribution in [2.45, 2.75) is 17.9 Å². The molecule has 0 amide bonds. The van der Waals surface area contributed by atoms with Gasteiger partial charge in [-0.3, -0.25) is 4.57 Å². The minimum absolute atomic E-state index is 0.150. The van der Waals surface area contributed by atoms with Crippen molar-refractivity contribution in [3.05, 3.63) is 28.9 Å². The van der Waals surface area contributed by atoms with E-state index >= 15 is 0 Å². The van der Waals surface area contributed by atoms with Gasteiger partial charge in [0.1, 0.15) is 12.2 Å². The van der Waals surface area contributed by atoms with E-state index in [1.54, 1.807) is 0 Å². The molecule has 2 rings (SSSR count). The average Bonchev–Trinajstić information content (AvgIpc) is 2.57. The van der Waals surface area contributed by atoms with Crippen molar-refractivity contribution in [3.8, 4) is 0 Å². The summed E-state index contributed by atoms with van der Waals surface area (Å²) in [6, 6.07) is 1.44. The minimum Gasteiger partial charge on any atom is -0.393 e. The number of aliphatic hydroxyl groups is 3. The highest BCUT2D eigenvalue weighted by Crippen LogP contribution is 2.29. The minimum atomic E-state index is -1.97. The second kappa shape index (κ2) is 3.95. The molecule has 88 valence electrons. The van der Waals surface area contributed by atoms with Crippen LogP contribution in [0.25, 0.3) is 0 Å². The van der Waals surface area contributed by atoms with Gasteiger partial charge in [0.2, 0.25) is 5.72 Å². The largest absolute Gasteiger partial charge is 0.393 e. The van der Waals surface area contributed by atoms with Crippen molar-refractivity contribution in [1.29, 1.82) is 0 Å². The number of rotatable bonds is 2. The number of aromatic nitrogens is 2. The molecule has 1 aromatic rings. The van der Waals surface area contributed by atoms with Gasteiger partial charge < -0.3 is 20.1 Å². The molecule has 1 saturated heterocycles. The van der Waals surface area contributed by atoms with Crippen LogP contribution in [0.3, 0.4) is 0 Å². The SMILES string of the molecule is O=c1ncccn1[C@@]1(O)[C@H](O)CO[C@H]1CO. The summed E-state index contributed by atoms with van der Waals surface area (Å²) in [5.41, 5.74) is -2.69. The molecule has 1 aliphatic rings. The zero-order valence-electron chi connectivity index (χ0n) is 8.35. The zero-order valence-corrected chi connectivity index (χ0v) is 8.35. The number of hydrogen-bond donors (Lipinski definition) is 3. The normalized spacial score (nSPS) is 34.2. The van der Waals surface area contributed by atoms with Gasteiger partial charge in [-0.15, -0.1) is 0 Å². The van der Waals surface area contributed by atoms with Crippen LogP contribution in [0.5, 0.6) is 0 Å². The Labute approximate surface area is 90.6 Å². The first-order valence-corrected chi connectivity index (χ1v) is 4.77. The van der Waals surface area contributed by atoms with Gasteiger partial charge in [0.05, 0.1) is 13.2 Å². The average molecular weight is 228 g/mol. The van der Waals surface area contributed by atoms with Crippen LogP contribution in [0.15, 0.2) is 23.3 Å². The Bertz CT molecular complexity index is 434. The lowest BCUT2D eigenvalue weighted by molar-refractivity contribution is -0.152. The van der Waals surface area contributed by atoms with Gasteiger partial charge >= 0.3 is 5.69 Å². The van der Waals surface area contributed by atoms with E-state index in [1.807, 2.05) is 0 Å². The van der Waals surface area contributed by atoms with E-state index in [1.165, 1.54) is 18.5 Å². The highest BCUT2D eigenvalue weighted by atomic mass is 16.6. The molecule has 16 heavy (non-hydrogen) atoms. The third-order valence-electron chi connectivity index (χ3n) is 2.68. The fourth-order valence-corrected chi connectivity index (χ4v) is 1.80. The van der Waals surface area contributed by atoms with Gasteiger partial charge in [-0.1, -0.05) is 0 Å². The van der Waals surface area contributed by atoms with Gasteiger partial charge in [0.25, 0.3) is 0 Å². The van der Waals surface area contributed by atoms with Crippen LogP contribution in [0.2, 0.25) is 0 Å². The summed E-state index contributed by atoms with van der Waals surface area (Å²) in [6.45, 7) is -0.655. The van der Waals surface area contributed by atoms with Gasteiger partial charge in [0.15, 0.2) is 0 Å². The molecule has 1 aromatic heterocycles. The van der Waals surface area contributed by atoms with Crippen LogP contribution in [-0.4, -0.2) is 50.3 Å². The molecule has 1 aliphatic heterocycles. The van der Waals surface area contributed by atoms with Crippen molar-refractivity contribution in [2.75, 3.05) is 13.2 Å². The Morgan fingerprint density at radius 2 is 2.44 bits per heavy atom. The van der Waals surface area contributed by atoms with E-state index in [2.05, 4.69) is 4.98 Å². The van der Waals surface area contributed by atoms with E-state index in [4.69, 9.17) is 9.84 Å². The second-order valence-electron chi connectivity index (χ2n) is 3.58. The van der Waals surface area contributed by atoms with Crippen molar-refractivity contribution < 1.29 is 20.1 Å². The molecule has 0 saturated carbocycles. The van der Waals surface area contributed by atoms with Crippen LogP contribution in [-0.2, 0) is 10.5 Å². The molecule has 0 aromatic carbocycles. The molecular formula is C9H12N2O5. The van der Waals surface area contributed by atoms with Crippen molar-refractivity contribution >= 4 is 0 Å². The van der Waals surface area contributed by atoms with E-state index in [0.717, 1.165) is 4.57 Å². The highest BCUT2D eigenvalue weighted by molar-refractivity contribution is 4.98. The number of ether oxygens (including phenoxy) is 1. The molecule has 3 N–H and O–H groups in total. The Morgan fingerprint density at radius 3 is 3.06 bits per heavy atom. The van der Waals surface area contributed by atoms with E-state index in [9.17, 15) is 15.0 Å². The fourth-order valence-electron chi connectivity index (χ4n) is 1.80. The van der Waals surface area contributed by atoms with Crippen LogP contribution in [0, 0.1) is 0 Å². The van der Waals surface area contributed by atoms with E-state index < -0.39 is 30.2 Å². The smallest absolute Gasteiger partial charge is 0.350 e. The molecule has 2 heterocycles. The molecule has 0 radical (unpaired) electrons.